The Morgan fingerprint density at radius 1 is 1.29 bits per heavy atom. The van der Waals surface area contributed by atoms with Crippen LogP contribution in [-0.2, 0) is 4.74 Å². The van der Waals surface area contributed by atoms with Crippen LogP contribution in [0.1, 0.15) is 72.7 Å². The smallest absolute Gasteiger partial charge is 0.253 e. The summed E-state index contributed by atoms with van der Waals surface area (Å²) in [5.41, 5.74) is 2.13. The zero-order valence-electron chi connectivity index (χ0n) is 14.9. The van der Waals surface area contributed by atoms with Crippen LogP contribution in [0.25, 0.3) is 0 Å². The lowest BCUT2D eigenvalue weighted by atomic mass is 9.94. The molecule has 5 nitrogen and oxygen atoms in total. The lowest BCUT2D eigenvalue weighted by Gasteiger charge is -2.32. The molecule has 5 heteroatoms. The van der Waals surface area contributed by atoms with Gasteiger partial charge in [-0.05, 0) is 32.8 Å². The average Bonchev–Trinajstić information content (AvgIpc) is 2.89. The highest BCUT2D eigenvalue weighted by atomic mass is 16.5. The molecule has 1 aliphatic carbocycles. The fraction of sp³-hybridized carbons (Fsp3) is 0.737. The van der Waals surface area contributed by atoms with Crippen LogP contribution in [-0.4, -0.2) is 40.9 Å². The zero-order chi connectivity index (χ0) is 17.2. The molecule has 2 N–H and O–H groups in total. The first-order chi connectivity index (χ1) is 11.5. The Hall–Kier alpha value is -1.33. The molecule has 0 spiro atoms. The van der Waals surface area contributed by atoms with Gasteiger partial charge in [0.05, 0.1) is 11.2 Å². The molecule has 1 aromatic rings. The van der Waals surface area contributed by atoms with Gasteiger partial charge < -0.3 is 19.7 Å². The number of hydrogen-bond donors (Lipinski definition) is 2. The van der Waals surface area contributed by atoms with Crippen molar-refractivity contribution in [2.45, 2.75) is 70.4 Å². The van der Waals surface area contributed by atoms with Crippen molar-refractivity contribution in [2.24, 2.45) is 0 Å². The van der Waals surface area contributed by atoms with Crippen molar-refractivity contribution in [3.8, 4) is 0 Å². The van der Waals surface area contributed by atoms with Crippen LogP contribution in [0.3, 0.4) is 0 Å². The van der Waals surface area contributed by atoms with Crippen LogP contribution in [0, 0.1) is 13.8 Å². The van der Waals surface area contributed by atoms with Crippen LogP contribution in [0.5, 0.6) is 0 Å². The number of aromatic nitrogens is 1. The summed E-state index contributed by atoms with van der Waals surface area (Å²) < 4.78 is 7.63. The molecule has 3 rings (SSSR count). The Balaban J connectivity index is 1.68. The van der Waals surface area contributed by atoms with E-state index in [1.807, 2.05) is 13.0 Å². The Morgan fingerprint density at radius 2 is 1.96 bits per heavy atom. The van der Waals surface area contributed by atoms with Gasteiger partial charge in [0.25, 0.3) is 5.91 Å². The average molecular weight is 334 g/mol. The van der Waals surface area contributed by atoms with Crippen LogP contribution in [0.2, 0.25) is 0 Å². The molecule has 2 aliphatic rings. The number of nitrogens with zero attached hydrogens (tertiary/aromatic N) is 1. The normalized spacial score (nSPS) is 21.6. The molecule has 1 aliphatic heterocycles. The van der Waals surface area contributed by atoms with E-state index in [0.717, 1.165) is 17.0 Å². The van der Waals surface area contributed by atoms with E-state index in [1.165, 1.54) is 32.1 Å². The van der Waals surface area contributed by atoms with Gasteiger partial charge >= 0.3 is 0 Å². The minimum atomic E-state index is -0.831. The second-order valence-corrected chi connectivity index (χ2v) is 7.47. The first-order valence-corrected chi connectivity index (χ1v) is 9.27. The Labute approximate surface area is 144 Å². The van der Waals surface area contributed by atoms with E-state index in [9.17, 15) is 9.90 Å². The van der Waals surface area contributed by atoms with Crippen molar-refractivity contribution in [1.29, 1.82) is 0 Å². The van der Waals surface area contributed by atoms with E-state index in [-0.39, 0.29) is 5.91 Å². The molecule has 134 valence electrons. The van der Waals surface area contributed by atoms with E-state index in [1.54, 1.807) is 0 Å². The van der Waals surface area contributed by atoms with E-state index >= 15 is 0 Å². The fourth-order valence-corrected chi connectivity index (χ4v) is 4.18. The molecule has 0 bridgehead atoms. The molecule has 0 radical (unpaired) electrons. The zero-order valence-corrected chi connectivity index (χ0v) is 14.9. The number of carbonyl (C=O) groups excluding carboxylic acids is 1. The number of amides is 1. The highest BCUT2D eigenvalue weighted by Crippen LogP contribution is 2.32. The van der Waals surface area contributed by atoms with Gasteiger partial charge in [-0.3, -0.25) is 4.79 Å². The first kappa shape index (κ1) is 17.5. The number of aliphatic hydroxyl groups is 1. The molecule has 1 saturated heterocycles. The lowest BCUT2D eigenvalue weighted by molar-refractivity contribution is -0.0605. The number of carbonyl (C=O) groups is 1. The molecule has 1 saturated carbocycles. The maximum atomic E-state index is 12.6. The molecule has 0 unspecified atom stereocenters. The lowest BCUT2D eigenvalue weighted by Crippen LogP contribution is -2.46. The van der Waals surface area contributed by atoms with Crippen LogP contribution < -0.4 is 5.32 Å². The number of ether oxygens (including phenoxy) is 1. The molecule has 24 heavy (non-hydrogen) atoms. The largest absolute Gasteiger partial charge is 0.388 e. The Bertz CT molecular complexity index is 582. The summed E-state index contributed by atoms with van der Waals surface area (Å²) in [5, 5.41) is 13.4. The van der Waals surface area contributed by atoms with Crippen molar-refractivity contribution in [3.05, 3.63) is 23.0 Å². The van der Waals surface area contributed by atoms with Crippen molar-refractivity contribution < 1.29 is 14.6 Å². The van der Waals surface area contributed by atoms with E-state index in [2.05, 4.69) is 16.8 Å². The Morgan fingerprint density at radius 3 is 2.62 bits per heavy atom. The standard InChI is InChI=1S/C19H30N2O3/c1-14-12-17(15(2)21(14)16-6-4-3-5-7-16)18(22)20-13-19(23)8-10-24-11-9-19/h12,16,23H,3-11,13H2,1-2H3,(H,20,22). The van der Waals surface area contributed by atoms with Gasteiger partial charge in [0, 0.05) is 50.0 Å². The third-order valence-corrected chi connectivity index (χ3v) is 5.67. The number of aryl methyl sites for hydroxylation is 1. The molecule has 0 atom stereocenters. The topological polar surface area (TPSA) is 63.5 Å². The van der Waals surface area contributed by atoms with Gasteiger partial charge in [-0.2, -0.15) is 0 Å². The fourth-order valence-electron chi connectivity index (χ4n) is 4.18. The van der Waals surface area contributed by atoms with E-state index in [0.29, 0.717) is 38.6 Å². The molecule has 1 amide bonds. The first-order valence-electron chi connectivity index (χ1n) is 9.27. The highest BCUT2D eigenvalue weighted by Gasteiger charge is 2.31. The summed E-state index contributed by atoms with van der Waals surface area (Å²) in [6.07, 6.45) is 7.44. The van der Waals surface area contributed by atoms with Gasteiger partial charge in [0.2, 0.25) is 0 Å². The summed E-state index contributed by atoms with van der Waals surface area (Å²) in [5.74, 6) is -0.0786. The predicted octanol–water partition coefficient (Wildman–Crippen LogP) is 2.88. The molecule has 0 aromatic carbocycles. The van der Waals surface area contributed by atoms with Crippen LogP contribution >= 0.6 is 0 Å². The van der Waals surface area contributed by atoms with Gasteiger partial charge in [-0.25, -0.2) is 0 Å². The summed E-state index contributed by atoms with van der Waals surface area (Å²) in [7, 11) is 0. The molecule has 2 heterocycles. The third kappa shape index (κ3) is 3.67. The monoisotopic (exact) mass is 334 g/mol. The molecular formula is C19H30N2O3. The van der Waals surface area contributed by atoms with Crippen molar-refractivity contribution in [1.82, 2.24) is 9.88 Å². The van der Waals surface area contributed by atoms with E-state index in [4.69, 9.17) is 4.74 Å². The number of hydrogen-bond acceptors (Lipinski definition) is 3. The van der Waals surface area contributed by atoms with E-state index < -0.39 is 5.60 Å². The van der Waals surface area contributed by atoms with Crippen molar-refractivity contribution in [3.63, 3.8) is 0 Å². The van der Waals surface area contributed by atoms with Gasteiger partial charge in [-0.1, -0.05) is 19.3 Å². The SMILES string of the molecule is Cc1cc(C(=O)NCC2(O)CCOCC2)c(C)n1C1CCCCC1. The minimum absolute atomic E-state index is 0.0786. The summed E-state index contributed by atoms with van der Waals surface area (Å²) >= 11 is 0. The molecule has 1 aromatic heterocycles. The quantitative estimate of drug-likeness (QED) is 0.890. The third-order valence-electron chi connectivity index (χ3n) is 5.67. The van der Waals surface area contributed by atoms with Gasteiger partial charge in [0.15, 0.2) is 0 Å². The predicted molar refractivity (Wildman–Crippen MR) is 93.4 cm³/mol. The van der Waals surface area contributed by atoms with Gasteiger partial charge in [-0.15, -0.1) is 0 Å². The summed E-state index contributed by atoms with van der Waals surface area (Å²) in [6, 6.07) is 2.52. The summed E-state index contributed by atoms with van der Waals surface area (Å²) in [4.78, 5) is 12.6. The summed E-state index contributed by atoms with van der Waals surface area (Å²) in [6.45, 7) is 5.54. The second-order valence-electron chi connectivity index (χ2n) is 7.47. The maximum Gasteiger partial charge on any atom is 0.253 e. The van der Waals surface area contributed by atoms with Gasteiger partial charge in [0.1, 0.15) is 0 Å². The maximum absolute atomic E-state index is 12.6. The minimum Gasteiger partial charge on any atom is -0.388 e. The number of nitrogens with one attached hydrogen (secondary N) is 1. The second kappa shape index (κ2) is 7.28. The van der Waals surface area contributed by atoms with Crippen LogP contribution in [0.4, 0.5) is 0 Å². The van der Waals surface area contributed by atoms with Crippen molar-refractivity contribution in [2.75, 3.05) is 19.8 Å². The molecule has 2 fully saturated rings. The highest BCUT2D eigenvalue weighted by molar-refractivity contribution is 5.95. The molecular weight excluding hydrogens is 304 g/mol. The number of rotatable bonds is 4. The van der Waals surface area contributed by atoms with Crippen LogP contribution in [0.15, 0.2) is 6.07 Å². The Kier molecular flexibility index (Phi) is 5.30. The van der Waals surface area contributed by atoms with Crippen molar-refractivity contribution >= 4 is 5.91 Å².